The molecule has 4 nitrogen and oxygen atoms in total. The maximum Gasteiger partial charge on any atom is 0.250 e. The summed E-state index contributed by atoms with van der Waals surface area (Å²) < 4.78 is 26.4. The topological polar surface area (TPSA) is 44.8 Å². The highest BCUT2D eigenvalue weighted by atomic mass is 19.3. The monoisotopic (exact) mass is 328 g/mol. The van der Waals surface area contributed by atoms with Gasteiger partial charge in [0.05, 0.1) is 0 Å². The number of nitrogens with zero attached hydrogens (tertiary/aromatic N) is 3. The van der Waals surface area contributed by atoms with Crippen LogP contribution >= 0.6 is 0 Å². The van der Waals surface area contributed by atoms with Crippen molar-refractivity contribution in [3.8, 4) is 11.3 Å². The second-order valence-electron chi connectivity index (χ2n) is 6.34. The quantitative estimate of drug-likeness (QED) is 0.794. The zero-order valence-electron chi connectivity index (χ0n) is 13.2. The zero-order chi connectivity index (χ0) is 16.6. The molecule has 6 heteroatoms. The van der Waals surface area contributed by atoms with Crippen LogP contribution in [0.15, 0.2) is 42.9 Å². The lowest BCUT2D eigenvalue weighted by Gasteiger charge is -2.31. The van der Waals surface area contributed by atoms with E-state index in [9.17, 15) is 8.78 Å². The van der Waals surface area contributed by atoms with Crippen molar-refractivity contribution >= 4 is 11.0 Å². The van der Waals surface area contributed by atoms with Crippen molar-refractivity contribution in [1.29, 1.82) is 0 Å². The van der Waals surface area contributed by atoms with Crippen LogP contribution in [-0.2, 0) is 6.54 Å². The smallest absolute Gasteiger partial charge is 0.250 e. The molecular formula is C18H18F2N4. The van der Waals surface area contributed by atoms with Gasteiger partial charge in [0.15, 0.2) is 0 Å². The Kier molecular flexibility index (Phi) is 3.76. The Hall–Kier alpha value is -2.34. The van der Waals surface area contributed by atoms with Crippen LogP contribution in [0.3, 0.4) is 0 Å². The number of aromatic amines is 1. The van der Waals surface area contributed by atoms with Crippen LogP contribution in [0.4, 0.5) is 8.78 Å². The second kappa shape index (κ2) is 5.94. The number of halogens is 2. The first kappa shape index (κ1) is 15.2. The van der Waals surface area contributed by atoms with Crippen molar-refractivity contribution in [3.63, 3.8) is 0 Å². The molecule has 1 fully saturated rings. The number of alkyl halides is 2. The average molecular weight is 328 g/mol. The number of hydrogen-bond donors (Lipinski definition) is 1. The Morgan fingerprint density at radius 1 is 1.12 bits per heavy atom. The average Bonchev–Trinajstić information content (AvgIpc) is 3.01. The molecule has 1 aliphatic rings. The maximum atomic E-state index is 13.2. The van der Waals surface area contributed by atoms with E-state index in [0.717, 1.165) is 27.9 Å². The summed E-state index contributed by atoms with van der Waals surface area (Å²) in [5, 5.41) is 0.978. The van der Waals surface area contributed by atoms with Gasteiger partial charge in [0, 0.05) is 49.8 Å². The number of H-pyrrole nitrogens is 1. The third-order valence-corrected chi connectivity index (χ3v) is 4.55. The fraction of sp³-hybridized carbons (Fsp3) is 0.333. The van der Waals surface area contributed by atoms with Crippen LogP contribution in [0.25, 0.3) is 22.3 Å². The summed E-state index contributed by atoms with van der Waals surface area (Å²) in [5.41, 5.74) is 4.02. The Balaban J connectivity index is 1.46. The maximum absolute atomic E-state index is 13.2. The third-order valence-electron chi connectivity index (χ3n) is 4.55. The molecule has 3 heterocycles. The minimum atomic E-state index is -2.49. The minimum absolute atomic E-state index is 0.0405. The highest BCUT2D eigenvalue weighted by Crippen LogP contribution is 2.29. The highest BCUT2D eigenvalue weighted by molar-refractivity contribution is 5.82. The summed E-state index contributed by atoms with van der Waals surface area (Å²) in [6.45, 7) is 1.62. The predicted octanol–water partition coefficient (Wildman–Crippen LogP) is 3.86. The molecule has 0 saturated carbocycles. The molecule has 124 valence electrons. The lowest BCUT2D eigenvalue weighted by molar-refractivity contribution is -0.0566. The molecule has 4 rings (SSSR count). The first-order chi connectivity index (χ1) is 11.6. The number of fused-ring (bicyclic) bond motifs is 1. The van der Waals surface area contributed by atoms with E-state index in [2.05, 4.69) is 32.0 Å². The van der Waals surface area contributed by atoms with E-state index in [0.29, 0.717) is 19.6 Å². The van der Waals surface area contributed by atoms with Crippen LogP contribution in [0.1, 0.15) is 18.4 Å². The summed E-state index contributed by atoms with van der Waals surface area (Å²) in [5.74, 6) is -2.49. The summed E-state index contributed by atoms with van der Waals surface area (Å²) in [4.78, 5) is 13.6. The van der Waals surface area contributed by atoms with Gasteiger partial charge in [0.25, 0.3) is 5.92 Å². The molecule has 1 aliphatic heterocycles. The predicted molar refractivity (Wildman–Crippen MR) is 88.8 cm³/mol. The SMILES string of the molecule is FC1(F)CCN(Cc2ccc(-c3cc4cncnc4[nH]3)cc2)CC1. The molecule has 0 unspecified atom stereocenters. The zero-order valence-corrected chi connectivity index (χ0v) is 13.2. The van der Waals surface area contributed by atoms with Gasteiger partial charge in [-0.25, -0.2) is 18.7 Å². The normalized spacial score (nSPS) is 18.1. The number of nitrogens with one attached hydrogen (secondary N) is 1. The van der Waals surface area contributed by atoms with Crippen molar-refractivity contribution in [2.45, 2.75) is 25.3 Å². The Morgan fingerprint density at radius 2 is 1.88 bits per heavy atom. The second-order valence-corrected chi connectivity index (χ2v) is 6.34. The van der Waals surface area contributed by atoms with Gasteiger partial charge in [-0.2, -0.15) is 0 Å². The lowest BCUT2D eigenvalue weighted by Crippen LogP contribution is -2.38. The minimum Gasteiger partial charge on any atom is -0.339 e. The van der Waals surface area contributed by atoms with Crippen molar-refractivity contribution in [2.24, 2.45) is 0 Å². The molecule has 0 aliphatic carbocycles. The van der Waals surface area contributed by atoms with E-state index in [4.69, 9.17) is 0 Å². The summed E-state index contributed by atoms with van der Waals surface area (Å²) in [7, 11) is 0. The number of likely N-dealkylation sites (tertiary alicyclic amines) is 1. The van der Waals surface area contributed by atoms with E-state index >= 15 is 0 Å². The van der Waals surface area contributed by atoms with Gasteiger partial charge in [-0.05, 0) is 17.2 Å². The molecule has 0 radical (unpaired) electrons. The van der Waals surface area contributed by atoms with Crippen LogP contribution in [0, 0.1) is 0 Å². The Bertz CT molecular complexity index is 799. The van der Waals surface area contributed by atoms with Crippen LogP contribution in [0.2, 0.25) is 0 Å². The van der Waals surface area contributed by atoms with E-state index in [1.165, 1.54) is 6.33 Å². The molecule has 0 atom stereocenters. The molecule has 0 amide bonds. The van der Waals surface area contributed by atoms with Crippen LogP contribution in [-0.4, -0.2) is 38.9 Å². The molecule has 1 saturated heterocycles. The lowest BCUT2D eigenvalue weighted by atomic mass is 10.0. The number of aromatic nitrogens is 3. The largest absolute Gasteiger partial charge is 0.339 e. The number of rotatable bonds is 3. The van der Waals surface area contributed by atoms with E-state index in [-0.39, 0.29) is 12.8 Å². The van der Waals surface area contributed by atoms with E-state index in [1.807, 2.05) is 18.2 Å². The van der Waals surface area contributed by atoms with Crippen molar-refractivity contribution in [2.75, 3.05) is 13.1 Å². The number of hydrogen-bond acceptors (Lipinski definition) is 3. The molecule has 3 aromatic rings. The van der Waals surface area contributed by atoms with Gasteiger partial charge in [-0.15, -0.1) is 0 Å². The highest BCUT2D eigenvalue weighted by Gasteiger charge is 2.33. The van der Waals surface area contributed by atoms with Gasteiger partial charge in [-0.3, -0.25) is 4.90 Å². The third kappa shape index (κ3) is 3.14. The fourth-order valence-electron chi connectivity index (χ4n) is 3.11. The number of benzene rings is 1. The molecular weight excluding hydrogens is 310 g/mol. The molecule has 1 aromatic carbocycles. The van der Waals surface area contributed by atoms with E-state index < -0.39 is 5.92 Å². The van der Waals surface area contributed by atoms with Crippen LogP contribution in [0.5, 0.6) is 0 Å². The van der Waals surface area contributed by atoms with Crippen LogP contribution < -0.4 is 0 Å². The van der Waals surface area contributed by atoms with E-state index in [1.54, 1.807) is 6.20 Å². The molecule has 0 bridgehead atoms. The van der Waals surface area contributed by atoms with Gasteiger partial charge < -0.3 is 4.98 Å². The standard InChI is InChI=1S/C18H18F2N4/c19-18(20)5-7-24(8-6-18)11-13-1-3-14(4-2-13)16-9-15-10-21-12-22-17(15)23-16/h1-4,9-10,12H,5-8,11H2,(H,21,22,23). The fourth-order valence-corrected chi connectivity index (χ4v) is 3.11. The molecule has 0 spiro atoms. The van der Waals surface area contributed by atoms with Crippen molar-refractivity contribution in [1.82, 2.24) is 19.9 Å². The summed E-state index contributed by atoms with van der Waals surface area (Å²) in [6.07, 6.45) is 3.22. The van der Waals surface area contributed by atoms with Gasteiger partial charge in [-0.1, -0.05) is 24.3 Å². The summed E-state index contributed by atoms with van der Waals surface area (Å²) in [6, 6.07) is 10.2. The first-order valence-corrected chi connectivity index (χ1v) is 8.07. The summed E-state index contributed by atoms with van der Waals surface area (Å²) >= 11 is 0. The molecule has 2 aromatic heterocycles. The molecule has 1 N–H and O–H groups in total. The van der Waals surface area contributed by atoms with Crippen molar-refractivity contribution < 1.29 is 8.78 Å². The van der Waals surface area contributed by atoms with Gasteiger partial charge >= 0.3 is 0 Å². The Morgan fingerprint density at radius 3 is 2.58 bits per heavy atom. The van der Waals surface area contributed by atoms with Gasteiger partial charge in [0.2, 0.25) is 0 Å². The van der Waals surface area contributed by atoms with Crippen molar-refractivity contribution in [3.05, 3.63) is 48.4 Å². The number of piperidine rings is 1. The molecule has 24 heavy (non-hydrogen) atoms. The van der Waals surface area contributed by atoms with Gasteiger partial charge in [0.1, 0.15) is 12.0 Å². The Labute approximate surface area is 138 Å². The first-order valence-electron chi connectivity index (χ1n) is 8.07.